The summed E-state index contributed by atoms with van der Waals surface area (Å²) in [5.74, 6) is -3.59. The monoisotopic (exact) mass is 667 g/mol. The fourth-order valence-corrected chi connectivity index (χ4v) is 3.63. The molecule has 0 spiro atoms. The third-order valence-corrected chi connectivity index (χ3v) is 6.23. The summed E-state index contributed by atoms with van der Waals surface area (Å²) in [7, 11) is 0. The summed E-state index contributed by atoms with van der Waals surface area (Å²) < 4.78 is 10.1. The van der Waals surface area contributed by atoms with E-state index >= 15 is 0 Å². The van der Waals surface area contributed by atoms with Gasteiger partial charge in [-0.25, -0.2) is 14.4 Å². The van der Waals surface area contributed by atoms with Gasteiger partial charge in [0.2, 0.25) is 0 Å². The lowest BCUT2D eigenvalue weighted by atomic mass is 10.0. The van der Waals surface area contributed by atoms with E-state index in [1.165, 1.54) is 19.1 Å². The van der Waals surface area contributed by atoms with E-state index < -0.39 is 59.6 Å². The zero-order chi connectivity index (χ0) is 36.4. The lowest BCUT2D eigenvalue weighted by Crippen LogP contribution is -2.44. The number of esters is 1. The maximum absolute atomic E-state index is 11.7. The number of carbonyl (C=O) groups excluding carboxylic acids is 2. The summed E-state index contributed by atoms with van der Waals surface area (Å²) in [4.78, 5) is 55.4. The van der Waals surface area contributed by atoms with Crippen LogP contribution in [0.3, 0.4) is 0 Å². The molecule has 0 aromatic heterocycles. The van der Waals surface area contributed by atoms with Gasteiger partial charge in [-0.2, -0.15) is 0 Å². The summed E-state index contributed by atoms with van der Waals surface area (Å²) in [5.41, 5.74) is 12.5. The van der Waals surface area contributed by atoms with Gasteiger partial charge in [0.05, 0.1) is 5.92 Å². The van der Waals surface area contributed by atoms with E-state index in [4.69, 9.17) is 31.2 Å². The maximum Gasteiger partial charge on any atom is 0.408 e. The van der Waals surface area contributed by atoms with Gasteiger partial charge in [-0.3, -0.25) is 9.59 Å². The molecule has 0 bridgehead atoms. The molecule has 13 heteroatoms. The number of ether oxygens (including phenoxy) is 2. The van der Waals surface area contributed by atoms with E-state index in [0.29, 0.717) is 17.7 Å². The van der Waals surface area contributed by atoms with Crippen molar-refractivity contribution in [3.05, 3.63) is 102 Å². The van der Waals surface area contributed by atoms with Crippen LogP contribution in [0, 0.1) is 0 Å². The molecule has 0 aliphatic heterocycles. The molecule has 13 nitrogen and oxygen atoms in total. The minimum absolute atomic E-state index is 0.0517. The number of hydrogen-bond donors (Lipinski definition) is 6. The maximum atomic E-state index is 11.7. The van der Waals surface area contributed by atoms with Gasteiger partial charge in [0.1, 0.15) is 29.5 Å². The third-order valence-electron chi connectivity index (χ3n) is 6.23. The SMILES string of the molecule is CC(C(=O)O)c1ccccc1.CC(N)C(=O)Oc1ccc(CC(NC(=O)OC(C)(C)C)C(=O)O)cc1.NC(Cc1ccccc1)C(=O)O. The van der Waals surface area contributed by atoms with Crippen molar-refractivity contribution in [2.75, 3.05) is 0 Å². The molecule has 4 atom stereocenters. The predicted molar refractivity (Wildman–Crippen MR) is 178 cm³/mol. The van der Waals surface area contributed by atoms with Crippen molar-refractivity contribution in [3.8, 4) is 5.75 Å². The molecule has 8 N–H and O–H groups in total. The van der Waals surface area contributed by atoms with Crippen LogP contribution in [-0.2, 0) is 36.8 Å². The van der Waals surface area contributed by atoms with Crippen molar-refractivity contribution in [3.63, 3.8) is 0 Å². The summed E-state index contributed by atoms with van der Waals surface area (Å²) in [5, 5.41) is 28.7. The number of nitrogens with one attached hydrogen (secondary N) is 1. The molecular weight excluding hydrogens is 622 g/mol. The number of carbonyl (C=O) groups is 5. The summed E-state index contributed by atoms with van der Waals surface area (Å²) in [6.45, 7) is 8.24. The Morgan fingerprint density at radius 2 is 1.21 bits per heavy atom. The largest absolute Gasteiger partial charge is 0.481 e. The second-order valence-corrected chi connectivity index (χ2v) is 11.7. The average molecular weight is 668 g/mol. The first-order valence-corrected chi connectivity index (χ1v) is 15.0. The molecule has 0 heterocycles. The van der Waals surface area contributed by atoms with E-state index in [0.717, 1.165) is 11.1 Å². The van der Waals surface area contributed by atoms with Gasteiger partial charge >= 0.3 is 30.0 Å². The van der Waals surface area contributed by atoms with Crippen molar-refractivity contribution < 1.29 is 48.8 Å². The molecule has 4 unspecified atom stereocenters. The number of benzene rings is 3. The van der Waals surface area contributed by atoms with Crippen LogP contribution in [-0.4, -0.2) is 69.0 Å². The average Bonchev–Trinajstić information content (AvgIpc) is 3.01. The first kappa shape index (κ1) is 40.8. The van der Waals surface area contributed by atoms with E-state index in [-0.39, 0.29) is 6.42 Å². The standard InChI is InChI=1S/C17H24N2O6.C9H11NO2.C9H10O2/c1-10(18)15(22)24-12-7-5-11(6-8-12)9-13(14(20)21)19-16(23)25-17(2,3)4;10-8(9(11)12)6-7-4-2-1-3-5-7;1-7(9(10)11)8-5-3-2-4-6-8/h5-8,10,13H,9,18H2,1-4H3,(H,19,23)(H,20,21);1-5,8H,6,10H2,(H,11,12);2-7H,1H3,(H,10,11). The van der Waals surface area contributed by atoms with Crippen LogP contribution in [0.2, 0.25) is 0 Å². The summed E-state index contributed by atoms with van der Waals surface area (Å²) >= 11 is 0. The van der Waals surface area contributed by atoms with Gasteiger partial charge < -0.3 is 41.6 Å². The lowest BCUT2D eigenvalue weighted by molar-refractivity contribution is -0.140. The van der Waals surface area contributed by atoms with Crippen molar-refractivity contribution in [1.82, 2.24) is 5.32 Å². The van der Waals surface area contributed by atoms with Gasteiger partial charge in [-0.15, -0.1) is 0 Å². The fourth-order valence-electron chi connectivity index (χ4n) is 3.63. The van der Waals surface area contributed by atoms with E-state index in [2.05, 4.69) is 5.32 Å². The number of aliphatic carboxylic acids is 3. The molecule has 1 amide bonds. The molecule has 0 aliphatic carbocycles. The molecule has 260 valence electrons. The van der Waals surface area contributed by atoms with Gasteiger partial charge in [-0.1, -0.05) is 72.8 Å². The summed E-state index contributed by atoms with van der Waals surface area (Å²) in [6, 6.07) is 22.1. The Bertz CT molecular complexity index is 1460. The first-order valence-electron chi connectivity index (χ1n) is 15.0. The number of rotatable bonds is 11. The molecule has 3 aromatic carbocycles. The Kier molecular flexibility index (Phi) is 17.0. The normalized spacial score (nSPS) is 13.0. The second-order valence-electron chi connectivity index (χ2n) is 11.7. The van der Waals surface area contributed by atoms with Gasteiger partial charge in [0, 0.05) is 6.42 Å². The molecule has 3 rings (SSSR count). The number of amides is 1. The molecule has 0 saturated carbocycles. The number of nitrogens with two attached hydrogens (primary N) is 2. The van der Waals surface area contributed by atoms with Gasteiger partial charge in [0.25, 0.3) is 0 Å². The van der Waals surface area contributed by atoms with Crippen LogP contribution in [0.5, 0.6) is 5.75 Å². The van der Waals surface area contributed by atoms with Crippen molar-refractivity contribution in [2.45, 2.75) is 77.1 Å². The molecule has 0 aliphatic rings. The number of carboxylic acid groups (broad SMARTS) is 3. The zero-order valence-corrected chi connectivity index (χ0v) is 27.7. The van der Waals surface area contributed by atoms with Crippen LogP contribution in [0.4, 0.5) is 4.79 Å². The zero-order valence-electron chi connectivity index (χ0n) is 27.7. The van der Waals surface area contributed by atoms with E-state index in [1.807, 2.05) is 60.7 Å². The highest BCUT2D eigenvalue weighted by molar-refractivity contribution is 5.80. The van der Waals surface area contributed by atoms with Crippen molar-refractivity contribution >= 4 is 30.0 Å². The number of hydrogen-bond acceptors (Lipinski definition) is 9. The highest BCUT2D eigenvalue weighted by Crippen LogP contribution is 2.15. The van der Waals surface area contributed by atoms with Gasteiger partial charge in [-0.05, 0) is 69.9 Å². The Labute approximate surface area is 279 Å². The number of carboxylic acids is 3. The highest BCUT2D eigenvalue weighted by atomic mass is 16.6. The van der Waals surface area contributed by atoms with Crippen LogP contribution in [0.1, 0.15) is 57.2 Å². The van der Waals surface area contributed by atoms with E-state index in [1.54, 1.807) is 39.8 Å². The predicted octanol–water partition coefficient (Wildman–Crippen LogP) is 3.98. The van der Waals surface area contributed by atoms with Crippen LogP contribution >= 0.6 is 0 Å². The Balaban J connectivity index is 0.000000412. The minimum Gasteiger partial charge on any atom is -0.481 e. The molecule has 0 fully saturated rings. The Hall–Kier alpha value is -5.27. The third kappa shape index (κ3) is 16.9. The van der Waals surface area contributed by atoms with E-state index in [9.17, 15) is 29.1 Å². The van der Waals surface area contributed by atoms with Gasteiger partial charge in [0.15, 0.2) is 0 Å². The van der Waals surface area contributed by atoms with Crippen molar-refractivity contribution in [2.24, 2.45) is 11.5 Å². The molecular formula is C35H45N3O10. The Morgan fingerprint density at radius 3 is 1.65 bits per heavy atom. The van der Waals surface area contributed by atoms with Crippen LogP contribution < -0.4 is 21.5 Å². The molecule has 48 heavy (non-hydrogen) atoms. The number of alkyl carbamates (subject to hydrolysis) is 1. The second kappa shape index (κ2) is 20.1. The topological polar surface area (TPSA) is 229 Å². The Morgan fingerprint density at radius 1 is 0.708 bits per heavy atom. The molecule has 3 aromatic rings. The van der Waals surface area contributed by atoms with Crippen molar-refractivity contribution in [1.29, 1.82) is 0 Å². The fraction of sp³-hybridized carbons (Fsp3) is 0.343. The minimum atomic E-state index is -1.18. The summed E-state index contributed by atoms with van der Waals surface area (Å²) in [6.07, 6.45) is -0.367. The first-order chi connectivity index (χ1) is 22.4. The lowest BCUT2D eigenvalue weighted by Gasteiger charge is -2.22. The quantitative estimate of drug-likeness (QED) is 0.126. The van der Waals surface area contributed by atoms with Crippen LogP contribution in [0.25, 0.3) is 0 Å². The molecule has 0 radical (unpaired) electrons. The van der Waals surface area contributed by atoms with Crippen LogP contribution in [0.15, 0.2) is 84.9 Å². The smallest absolute Gasteiger partial charge is 0.408 e. The highest BCUT2D eigenvalue weighted by Gasteiger charge is 2.24. The molecule has 0 saturated heterocycles.